The van der Waals surface area contributed by atoms with Crippen molar-refractivity contribution in [3.8, 4) is 0 Å². The largest absolute Gasteiger partial charge is 0.352 e. The number of carbonyl (C=O) groups is 1. The zero-order valence-corrected chi connectivity index (χ0v) is 19.0. The van der Waals surface area contributed by atoms with Gasteiger partial charge in [-0.3, -0.25) is 4.79 Å². The van der Waals surface area contributed by atoms with E-state index in [-0.39, 0.29) is 5.91 Å². The first-order valence-electron chi connectivity index (χ1n) is 10.6. The van der Waals surface area contributed by atoms with Crippen molar-refractivity contribution in [3.63, 3.8) is 0 Å². The highest BCUT2D eigenvalue weighted by molar-refractivity contribution is 6.31. The maximum atomic E-state index is 12.7. The van der Waals surface area contributed by atoms with Crippen molar-refractivity contribution in [1.29, 1.82) is 0 Å². The fourth-order valence-corrected chi connectivity index (χ4v) is 4.33. The standard InChI is InChI=1S/C27H27ClN2O/c1-18-7-6-8-21(15-18)17-30-20(3)19(2)24-16-23(11-12-26(24)30)27(31)29-14-13-22-9-4-5-10-25(22)28/h4-12,15-16H,13-14,17H2,1-3H3,(H,29,31). The van der Waals surface area contributed by atoms with Crippen LogP contribution in [0.3, 0.4) is 0 Å². The average molecular weight is 431 g/mol. The van der Waals surface area contributed by atoms with Crippen molar-refractivity contribution < 1.29 is 4.79 Å². The van der Waals surface area contributed by atoms with Gasteiger partial charge in [-0.25, -0.2) is 0 Å². The van der Waals surface area contributed by atoms with Crippen molar-refractivity contribution in [1.82, 2.24) is 9.88 Å². The van der Waals surface area contributed by atoms with Crippen LogP contribution in [-0.2, 0) is 13.0 Å². The number of aryl methyl sites for hydroxylation is 2. The van der Waals surface area contributed by atoms with Crippen molar-refractivity contribution in [3.05, 3.63) is 105 Å². The van der Waals surface area contributed by atoms with Crippen LogP contribution in [0.5, 0.6) is 0 Å². The highest BCUT2D eigenvalue weighted by atomic mass is 35.5. The van der Waals surface area contributed by atoms with Gasteiger partial charge < -0.3 is 9.88 Å². The Morgan fingerprint density at radius 3 is 2.55 bits per heavy atom. The Bertz CT molecular complexity index is 1260. The summed E-state index contributed by atoms with van der Waals surface area (Å²) in [6, 6.07) is 22.3. The van der Waals surface area contributed by atoms with Gasteiger partial charge in [-0.15, -0.1) is 0 Å². The molecule has 4 heteroatoms. The maximum absolute atomic E-state index is 12.7. The number of hydrogen-bond donors (Lipinski definition) is 1. The van der Waals surface area contributed by atoms with Crippen LogP contribution in [0.25, 0.3) is 10.9 Å². The van der Waals surface area contributed by atoms with Gasteiger partial charge in [0.1, 0.15) is 0 Å². The molecule has 1 amide bonds. The summed E-state index contributed by atoms with van der Waals surface area (Å²) < 4.78 is 2.33. The van der Waals surface area contributed by atoms with E-state index < -0.39 is 0 Å². The van der Waals surface area contributed by atoms with E-state index in [1.165, 1.54) is 22.4 Å². The van der Waals surface area contributed by atoms with Crippen LogP contribution in [0.4, 0.5) is 0 Å². The summed E-state index contributed by atoms with van der Waals surface area (Å²) in [7, 11) is 0. The highest BCUT2D eigenvalue weighted by Crippen LogP contribution is 2.27. The van der Waals surface area contributed by atoms with Crippen molar-refractivity contribution in [2.45, 2.75) is 33.7 Å². The Morgan fingerprint density at radius 2 is 1.77 bits per heavy atom. The molecule has 31 heavy (non-hydrogen) atoms. The van der Waals surface area contributed by atoms with E-state index in [4.69, 9.17) is 11.6 Å². The van der Waals surface area contributed by atoms with Crippen LogP contribution in [0.1, 0.15) is 38.3 Å². The summed E-state index contributed by atoms with van der Waals surface area (Å²) in [6.45, 7) is 7.76. The van der Waals surface area contributed by atoms with Crippen molar-refractivity contribution >= 4 is 28.4 Å². The van der Waals surface area contributed by atoms with Crippen molar-refractivity contribution in [2.24, 2.45) is 0 Å². The van der Waals surface area contributed by atoms with E-state index in [1.807, 2.05) is 36.4 Å². The lowest BCUT2D eigenvalue weighted by molar-refractivity contribution is 0.0954. The summed E-state index contributed by atoms with van der Waals surface area (Å²) in [5, 5.41) is 4.89. The van der Waals surface area contributed by atoms with Gasteiger partial charge in [0.15, 0.2) is 0 Å². The third kappa shape index (κ3) is 4.52. The van der Waals surface area contributed by atoms with E-state index in [1.54, 1.807) is 0 Å². The van der Waals surface area contributed by atoms with Crippen LogP contribution in [0.2, 0.25) is 5.02 Å². The lowest BCUT2D eigenvalue weighted by Gasteiger charge is -2.10. The summed E-state index contributed by atoms with van der Waals surface area (Å²) >= 11 is 6.21. The Kier molecular flexibility index (Phi) is 6.15. The molecule has 0 fully saturated rings. The maximum Gasteiger partial charge on any atom is 0.251 e. The molecule has 1 heterocycles. The Morgan fingerprint density at radius 1 is 0.968 bits per heavy atom. The van der Waals surface area contributed by atoms with E-state index in [9.17, 15) is 4.79 Å². The van der Waals surface area contributed by atoms with Gasteiger partial charge in [-0.05, 0) is 68.1 Å². The Labute approximate surface area is 188 Å². The number of aromatic nitrogens is 1. The fraction of sp³-hybridized carbons (Fsp3) is 0.222. The number of amides is 1. The second kappa shape index (κ2) is 8.99. The van der Waals surface area contributed by atoms with E-state index >= 15 is 0 Å². The van der Waals surface area contributed by atoms with Crippen LogP contribution < -0.4 is 5.32 Å². The summed E-state index contributed by atoms with van der Waals surface area (Å²) in [5.41, 5.74) is 7.87. The molecule has 0 radical (unpaired) electrons. The minimum atomic E-state index is -0.0579. The Balaban J connectivity index is 1.53. The topological polar surface area (TPSA) is 34.0 Å². The number of nitrogens with zero attached hydrogens (tertiary/aromatic N) is 1. The van der Waals surface area contributed by atoms with Crippen LogP contribution in [0.15, 0.2) is 66.7 Å². The molecule has 0 unspecified atom stereocenters. The number of hydrogen-bond acceptors (Lipinski definition) is 1. The molecular weight excluding hydrogens is 404 g/mol. The van der Waals surface area contributed by atoms with Gasteiger partial charge in [-0.2, -0.15) is 0 Å². The van der Waals surface area contributed by atoms with Crippen LogP contribution >= 0.6 is 11.6 Å². The van der Waals surface area contributed by atoms with E-state index in [2.05, 4.69) is 61.0 Å². The molecule has 0 saturated heterocycles. The monoisotopic (exact) mass is 430 g/mol. The summed E-state index contributed by atoms with van der Waals surface area (Å²) in [6.07, 6.45) is 0.707. The predicted octanol–water partition coefficient (Wildman–Crippen LogP) is 6.24. The number of carbonyl (C=O) groups excluding carboxylic acids is 1. The molecule has 3 aromatic carbocycles. The second-order valence-electron chi connectivity index (χ2n) is 8.11. The quantitative estimate of drug-likeness (QED) is 0.386. The molecule has 0 aliphatic carbocycles. The third-order valence-corrected chi connectivity index (χ3v) is 6.33. The number of benzene rings is 3. The summed E-state index contributed by atoms with van der Waals surface area (Å²) in [4.78, 5) is 12.7. The van der Waals surface area contributed by atoms with Gasteiger partial charge >= 0.3 is 0 Å². The fourth-order valence-electron chi connectivity index (χ4n) is 4.10. The number of nitrogens with one attached hydrogen (secondary N) is 1. The van der Waals surface area contributed by atoms with Crippen molar-refractivity contribution in [2.75, 3.05) is 6.54 Å². The van der Waals surface area contributed by atoms with Crippen LogP contribution in [-0.4, -0.2) is 17.0 Å². The second-order valence-corrected chi connectivity index (χ2v) is 8.52. The normalized spacial score (nSPS) is 11.1. The van der Waals surface area contributed by atoms with Crippen LogP contribution in [0, 0.1) is 20.8 Å². The molecule has 0 atom stereocenters. The molecular formula is C27H27ClN2O. The minimum Gasteiger partial charge on any atom is -0.352 e. The summed E-state index contributed by atoms with van der Waals surface area (Å²) in [5.74, 6) is -0.0579. The first-order chi connectivity index (χ1) is 14.9. The first-order valence-corrected chi connectivity index (χ1v) is 11.0. The minimum absolute atomic E-state index is 0.0579. The van der Waals surface area contributed by atoms with Gasteiger partial charge in [0, 0.05) is 40.3 Å². The molecule has 1 aromatic heterocycles. The van der Waals surface area contributed by atoms with Gasteiger partial charge in [0.25, 0.3) is 5.91 Å². The molecule has 0 aliphatic heterocycles. The smallest absolute Gasteiger partial charge is 0.251 e. The number of halogens is 1. The lowest BCUT2D eigenvalue weighted by atomic mass is 10.1. The van der Waals surface area contributed by atoms with Gasteiger partial charge in [-0.1, -0.05) is 59.6 Å². The molecule has 0 saturated carbocycles. The third-order valence-electron chi connectivity index (χ3n) is 5.96. The van der Waals surface area contributed by atoms with Gasteiger partial charge in [0.05, 0.1) is 0 Å². The Hall–Kier alpha value is -3.04. The highest BCUT2D eigenvalue weighted by Gasteiger charge is 2.14. The van der Waals surface area contributed by atoms with E-state index in [0.717, 1.165) is 28.0 Å². The predicted molar refractivity (Wildman–Crippen MR) is 129 cm³/mol. The molecule has 3 nitrogen and oxygen atoms in total. The zero-order chi connectivity index (χ0) is 22.0. The van der Waals surface area contributed by atoms with Gasteiger partial charge in [0.2, 0.25) is 0 Å². The van der Waals surface area contributed by atoms with E-state index in [0.29, 0.717) is 18.5 Å². The molecule has 1 N–H and O–H groups in total. The average Bonchev–Trinajstić information content (AvgIpc) is 2.99. The molecule has 0 spiro atoms. The number of rotatable bonds is 6. The SMILES string of the molecule is Cc1cccc(Cn2c(C)c(C)c3cc(C(=O)NCCc4ccccc4Cl)ccc32)c1. The molecule has 0 aliphatic rings. The molecule has 4 rings (SSSR count). The molecule has 4 aromatic rings. The molecule has 0 bridgehead atoms. The first kappa shape index (κ1) is 21.2. The number of fused-ring (bicyclic) bond motifs is 1. The molecule has 158 valence electrons. The lowest BCUT2D eigenvalue weighted by Crippen LogP contribution is -2.25. The zero-order valence-electron chi connectivity index (χ0n) is 18.2.